The molecule has 1 heterocycles. The molecule has 1 amide bonds. The molecule has 0 aliphatic carbocycles. The molecule has 0 spiro atoms. The van der Waals surface area contributed by atoms with Gasteiger partial charge in [0.15, 0.2) is 14.6 Å². The van der Waals surface area contributed by atoms with E-state index in [1.807, 2.05) is 13.8 Å². The number of rotatable bonds is 6. The number of nitrogens with zero attached hydrogens (tertiary/aromatic N) is 1. The van der Waals surface area contributed by atoms with Crippen LogP contribution in [0.5, 0.6) is 17.2 Å². The van der Waals surface area contributed by atoms with E-state index in [0.29, 0.717) is 24.6 Å². The second-order valence-corrected chi connectivity index (χ2v) is 9.90. The molecule has 1 aliphatic heterocycles. The number of ether oxygens (including phenoxy) is 1. The van der Waals surface area contributed by atoms with Crippen LogP contribution < -0.4 is 10.2 Å². The van der Waals surface area contributed by atoms with E-state index in [1.54, 1.807) is 17.6 Å². The number of piperidine rings is 1. The molecular weight excluding hydrogens is 408 g/mol. The first-order valence-electron chi connectivity index (χ1n) is 9.70. The number of sulfone groups is 1. The van der Waals surface area contributed by atoms with Crippen molar-refractivity contribution in [2.24, 2.45) is 0 Å². The minimum absolute atomic E-state index is 0.0119. The van der Waals surface area contributed by atoms with Crippen LogP contribution >= 0.6 is 0 Å². The first kappa shape index (κ1) is 22.1. The number of likely N-dealkylation sites (tertiary alicyclic amines) is 1. The van der Waals surface area contributed by atoms with Gasteiger partial charge in [0.1, 0.15) is 17.2 Å². The van der Waals surface area contributed by atoms with Crippen molar-refractivity contribution in [3.8, 4) is 17.2 Å². The van der Waals surface area contributed by atoms with Crippen molar-refractivity contribution < 1.29 is 28.3 Å². The van der Waals surface area contributed by atoms with Gasteiger partial charge in [0.25, 0.3) is 5.91 Å². The molecule has 9 heteroatoms. The normalized spacial score (nSPS) is 16.9. The van der Waals surface area contributed by atoms with Gasteiger partial charge >= 0.3 is 0 Å². The second-order valence-electron chi connectivity index (χ2n) is 7.64. The van der Waals surface area contributed by atoms with Crippen LogP contribution in [0.3, 0.4) is 0 Å². The molecule has 1 fully saturated rings. The Bertz CT molecular complexity index is 979. The number of hydroxylamine groups is 1. The highest BCUT2D eigenvalue weighted by Gasteiger charge is 2.53. The van der Waals surface area contributed by atoms with Crippen molar-refractivity contribution >= 4 is 15.7 Å². The number of carbonyl (C=O) groups is 1. The van der Waals surface area contributed by atoms with Crippen LogP contribution in [-0.2, 0) is 14.6 Å². The first-order valence-corrected chi connectivity index (χ1v) is 11.2. The molecule has 1 aliphatic rings. The summed E-state index contributed by atoms with van der Waals surface area (Å²) >= 11 is 0. The number of aromatic hydroxyl groups is 1. The minimum atomic E-state index is -4.07. The lowest BCUT2D eigenvalue weighted by Crippen LogP contribution is -2.58. The fourth-order valence-electron chi connectivity index (χ4n) is 3.68. The third kappa shape index (κ3) is 4.14. The van der Waals surface area contributed by atoms with Gasteiger partial charge in [-0.05, 0) is 75.2 Å². The zero-order chi connectivity index (χ0) is 21.9. The molecular formula is C21H26N2O6S. The lowest BCUT2D eigenvalue weighted by atomic mass is 9.94. The van der Waals surface area contributed by atoms with E-state index in [2.05, 4.69) is 4.90 Å². The third-order valence-electron chi connectivity index (χ3n) is 5.57. The van der Waals surface area contributed by atoms with Gasteiger partial charge < -0.3 is 14.7 Å². The number of benzene rings is 2. The number of amides is 1. The van der Waals surface area contributed by atoms with E-state index >= 15 is 0 Å². The third-order valence-corrected chi connectivity index (χ3v) is 8.09. The van der Waals surface area contributed by atoms with Crippen molar-refractivity contribution in [3.63, 3.8) is 0 Å². The van der Waals surface area contributed by atoms with E-state index in [9.17, 15) is 23.5 Å². The SMILES string of the molecule is CC(C)N1CCC(C(=O)NO)(S(=O)(=O)c2ccc(Oc3ccc(O)cc3)cc2)CC1. The lowest BCUT2D eigenvalue weighted by Gasteiger charge is -2.40. The predicted octanol–water partition coefficient (Wildman–Crippen LogP) is 2.71. The zero-order valence-electron chi connectivity index (χ0n) is 16.9. The fourth-order valence-corrected chi connectivity index (χ4v) is 5.64. The van der Waals surface area contributed by atoms with E-state index in [-0.39, 0.29) is 29.5 Å². The van der Waals surface area contributed by atoms with Gasteiger partial charge in [-0.15, -0.1) is 0 Å². The van der Waals surface area contributed by atoms with Crippen molar-refractivity contribution in [2.45, 2.75) is 42.4 Å². The molecule has 30 heavy (non-hydrogen) atoms. The number of phenols is 1. The van der Waals surface area contributed by atoms with E-state index in [0.717, 1.165) is 0 Å². The summed E-state index contributed by atoms with van der Waals surface area (Å²) in [7, 11) is -4.07. The Hall–Kier alpha value is -2.62. The van der Waals surface area contributed by atoms with Crippen molar-refractivity contribution in [2.75, 3.05) is 13.1 Å². The van der Waals surface area contributed by atoms with Gasteiger partial charge in [0.05, 0.1) is 4.90 Å². The van der Waals surface area contributed by atoms with Crippen LogP contribution in [0, 0.1) is 0 Å². The quantitative estimate of drug-likeness (QED) is 0.473. The average molecular weight is 435 g/mol. The highest BCUT2D eigenvalue weighted by Crippen LogP contribution is 2.37. The van der Waals surface area contributed by atoms with Gasteiger partial charge in [-0.3, -0.25) is 10.0 Å². The Morgan fingerprint density at radius 3 is 2.00 bits per heavy atom. The minimum Gasteiger partial charge on any atom is -0.508 e. The summed E-state index contributed by atoms with van der Waals surface area (Å²) in [6.45, 7) is 4.90. The van der Waals surface area contributed by atoms with Crippen LogP contribution in [0.25, 0.3) is 0 Å². The Morgan fingerprint density at radius 2 is 1.53 bits per heavy atom. The summed E-state index contributed by atoms with van der Waals surface area (Å²) in [5.74, 6) is 0.102. The highest BCUT2D eigenvalue weighted by molar-refractivity contribution is 7.93. The van der Waals surface area contributed by atoms with Gasteiger partial charge in [0, 0.05) is 19.1 Å². The molecule has 1 saturated heterocycles. The fraction of sp³-hybridized carbons (Fsp3) is 0.381. The number of phenolic OH excluding ortho intramolecular Hbond substituents is 1. The highest BCUT2D eigenvalue weighted by atomic mass is 32.2. The average Bonchev–Trinajstić information content (AvgIpc) is 2.75. The predicted molar refractivity (Wildman–Crippen MR) is 110 cm³/mol. The van der Waals surface area contributed by atoms with Gasteiger partial charge in [-0.25, -0.2) is 13.9 Å². The molecule has 162 valence electrons. The maximum atomic E-state index is 13.4. The second kappa shape index (κ2) is 8.63. The maximum Gasteiger partial charge on any atom is 0.265 e. The van der Waals surface area contributed by atoms with E-state index in [4.69, 9.17) is 4.74 Å². The zero-order valence-corrected chi connectivity index (χ0v) is 17.7. The smallest absolute Gasteiger partial charge is 0.265 e. The topological polar surface area (TPSA) is 116 Å². The summed E-state index contributed by atoms with van der Waals surface area (Å²) in [6.07, 6.45) is 0.178. The van der Waals surface area contributed by atoms with Gasteiger partial charge in [-0.1, -0.05) is 0 Å². The van der Waals surface area contributed by atoms with E-state index < -0.39 is 20.5 Å². The number of carbonyl (C=O) groups excluding carboxylic acids is 1. The van der Waals surface area contributed by atoms with Crippen molar-refractivity contribution in [3.05, 3.63) is 48.5 Å². The van der Waals surface area contributed by atoms with Crippen molar-refractivity contribution in [1.82, 2.24) is 10.4 Å². The molecule has 0 atom stereocenters. The molecule has 3 rings (SSSR count). The molecule has 2 aromatic rings. The monoisotopic (exact) mass is 434 g/mol. The Labute approximate surface area is 176 Å². The molecule has 0 aromatic heterocycles. The van der Waals surface area contributed by atoms with Crippen LogP contribution in [0.1, 0.15) is 26.7 Å². The van der Waals surface area contributed by atoms with Gasteiger partial charge in [0.2, 0.25) is 0 Å². The number of hydrogen-bond donors (Lipinski definition) is 3. The molecule has 0 bridgehead atoms. The summed E-state index contributed by atoms with van der Waals surface area (Å²) in [6, 6.07) is 12.2. The summed E-state index contributed by atoms with van der Waals surface area (Å²) in [4.78, 5) is 14.6. The largest absolute Gasteiger partial charge is 0.508 e. The molecule has 0 saturated carbocycles. The Kier molecular flexibility index (Phi) is 6.35. The first-order chi connectivity index (χ1) is 14.2. The van der Waals surface area contributed by atoms with E-state index in [1.165, 1.54) is 36.4 Å². The molecule has 2 aromatic carbocycles. The van der Waals surface area contributed by atoms with Crippen LogP contribution in [0.4, 0.5) is 0 Å². The standard InChI is InChI=1S/C21H26N2O6S/c1-15(2)23-13-11-21(12-14-23,20(25)22-26)30(27,28)19-9-7-18(8-10-19)29-17-5-3-16(24)4-6-17/h3-10,15,24,26H,11-14H2,1-2H3,(H,22,25). The summed E-state index contributed by atoms with van der Waals surface area (Å²) in [5.41, 5.74) is 1.56. The maximum absolute atomic E-state index is 13.4. The molecule has 3 N–H and O–H groups in total. The Balaban J connectivity index is 1.86. The van der Waals surface area contributed by atoms with Crippen molar-refractivity contribution in [1.29, 1.82) is 0 Å². The van der Waals surface area contributed by atoms with Crippen LogP contribution in [-0.4, -0.2) is 53.4 Å². The Morgan fingerprint density at radius 1 is 1.03 bits per heavy atom. The summed E-state index contributed by atoms with van der Waals surface area (Å²) < 4.78 is 30.8. The molecule has 0 unspecified atom stereocenters. The van der Waals surface area contributed by atoms with Gasteiger partial charge in [-0.2, -0.15) is 0 Å². The summed E-state index contributed by atoms with van der Waals surface area (Å²) in [5, 5.41) is 18.6. The number of hydrogen-bond acceptors (Lipinski definition) is 7. The lowest BCUT2D eigenvalue weighted by molar-refractivity contribution is -0.133. The molecule has 8 nitrogen and oxygen atoms in total. The number of nitrogens with one attached hydrogen (secondary N) is 1. The van der Waals surface area contributed by atoms with Crippen LogP contribution in [0.15, 0.2) is 53.4 Å². The van der Waals surface area contributed by atoms with Crippen LogP contribution in [0.2, 0.25) is 0 Å². The molecule has 0 radical (unpaired) electrons.